The number of hydrogen-bond donors (Lipinski definition) is 1. The maximum atomic E-state index is 5.53. The van der Waals surface area contributed by atoms with Crippen LogP contribution in [0.15, 0.2) is 24.3 Å². The predicted molar refractivity (Wildman–Crippen MR) is 68.9 cm³/mol. The van der Waals surface area contributed by atoms with E-state index in [1.54, 1.807) is 0 Å². The lowest BCUT2D eigenvalue weighted by Crippen LogP contribution is -2.01. The van der Waals surface area contributed by atoms with Crippen LogP contribution in [-0.2, 0) is 6.42 Å². The number of ether oxygens (including phenoxy) is 1. The van der Waals surface area contributed by atoms with Crippen molar-refractivity contribution in [3.8, 4) is 5.75 Å². The van der Waals surface area contributed by atoms with E-state index in [0.29, 0.717) is 5.92 Å². The topological polar surface area (TPSA) is 9.23 Å². The summed E-state index contributed by atoms with van der Waals surface area (Å²) < 4.78 is 5.53. The molecule has 0 aliphatic heterocycles. The Morgan fingerprint density at radius 3 is 2.47 bits per heavy atom. The van der Waals surface area contributed by atoms with E-state index in [4.69, 9.17) is 4.74 Å². The summed E-state index contributed by atoms with van der Waals surface area (Å²) in [5, 5.41) is 0. The quantitative estimate of drug-likeness (QED) is 0.727. The van der Waals surface area contributed by atoms with Gasteiger partial charge in [-0.25, -0.2) is 0 Å². The van der Waals surface area contributed by atoms with Crippen molar-refractivity contribution >= 4 is 12.6 Å². The fourth-order valence-corrected chi connectivity index (χ4v) is 1.54. The van der Waals surface area contributed by atoms with Gasteiger partial charge in [-0.1, -0.05) is 26.0 Å². The summed E-state index contributed by atoms with van der Waals surface area (Å²) >= 11 is 4.29. The second kappa shape index (κ2) is 6.78. The third-order valence-electron chi connectivity index (χ3n) is 2.29. The summed E-state index contributed by atoms with van der Waals surface area (Å²) in [4.78, 5) is 0. The van der Waals surface area contributed by atoms with Gasteiger partial charge in [0.15, 0.2) is 0 Å². The fraction of sp³-hybridized carbons (Fsp3) is 0.538. The molecule has 84 valence electrons. The number of hydrogen-bond acceptors (Lipinski definition) is 2. The highest BCUT2D eigenvalue weighted by atomic mass is 32.1. The third kappa shape index (κ3) is 4.61. The van der Waals surface area contributed by atoms with Crippen molar-refractivity contribution in [2.24, 2.45) is 5.92 Å². The van der Waals surface area contributed by atoms with Crippen LogP contribution in [0.5, 0.6) is 5.75 Å². The van der Waals surface area contributed by atoms with Gasteiger partial charge in [-0.2, -0.15) is 12.6 Å². The summed E-state index contributed by atoms with van der Waals surface area (Å²) in [7, 11) is 0. The zero-order valence-electron chi connectivity index (χ0n) is 9.57. The van der Waals surface area contributed by atoms with Crippen LogP contribution in [0.2, 0.25) is 0 Å². The first-order valence-corrected chi connectivity index (χ1v) is 6.22. The first-order valence-electron chi connectivity index (χ1n) is 5.58. The monoisotopic (exact) mass is 224 g/mol. The summed E-state index contributed by atoms with van der Waals surface area (Å²) in [5.41, 5.74) is 1.36. The van der Waals surface area contributed by atoms with Gasteiger partial charge in [0.05, 0.1) is 6.61 Å². The third-order valence-corrected chi connectivity index (χ3v) is 2.92. The standard InChI is InChI=1S/C13H20OS/c1-3-8-14-13-6-4-12(5-7-13)9-11(2)10-15/h4-7,11,15H,3,8-10H2,1-2H3. The molecular formula is C13H20OS. The zero-order valence-corrected chi connectivity index (χ0v) is 10.5. The molecule has 1 atom stereocenters. The van der Waals surface area contributed by atoms with Gasteiger partial charge in [0, 0.05) is 0 Å². The lowest BCUT2D eigenvalue weighted by atomic mass is 10.0. The van der Waals surface area contributed by atoms with E-state index in [1.165, 1.54) is 5.56 Å². The van der Waals surface area contributed by atoms with Crippen LogP contribution in [0, 0.1) is 5.92 Å². The minimum atomic E-state index is 0.635. The molecule has 0 spiro atoms. The number of benzene rings is 1. The minimum Gasteiger partial charge on any atom is -0.494 e. The highest BCUT2D eigenvalue weighted by molar-refractivity contribution is 7.80. The van der Waals surface area contributed by atoms with E-state index in [0.717, 1.165) is 31.0 Å². The van der Waals surface area contributed by atoms with Crippen LogP contribution in [0.4, 0.5) is 0 Å². The van der Waals surface area contributed by atoms with Crippen LogP contribution >= 0.6 is 12.6 Å². The Kier molecular flexibility index (Phi) is 5.62. The molecule has 1 unspecified atom stereocenters. The molecule has 0 bridgehead atoms. The van der Waals surface area contributed by atoms with Crippen molar-refractivity contribution in [3.05, 3.63) is 29.8 Å². The van der Waals surface area contributed by atoms with Gasteiger partial charge in [0.2, 0.25) is 0 Å². The Balaban J connectivity index is 2.48. The van der Waals surface area contributed by atoms with Gasteiger partial charge >= 0.3 is 0 Å². The molecule has 0 N–H and O–H groups in total. The Hall–Kier alpha value is -0.630. The van der Waals surface area contributed by atoms with E-state index >= 15 is 0 Å². The highest BCUT2D eigenvalue weighted by Gasteiger charge is 2.01. The van der Waals surface area contributed by atoms with Gasteiger partial charge in [0.1, 0.15) is 5.75 Å². The van der Waals surface area contributed by atoms with E-state index in [9.17, 15) is 0 Å². The molecule has 1 aromatic carbocycles. The molecule has 0 radical (unpaired) electrons. The second-order valence-electron chi connectivity index (χ2n) is 3.98. The Bertz CT molecular complexity index is 268. The van der Waals surface area contributed by atoms with Crippen molar-refractivity contribution in [1.29, 1.82) is 0 Å². The minimum absolute atomic E-state index is 0.635. The Morgan fingerprint density at radius 1 is 1.27 bits per heavy atom. The average molecular weight is 224 g/mol. The van der Waals surface area contributed by atoms with Crippen LogP contribution in [-0.4, -0.2) is 12.4 Å². The van der Waals surface area contributed by atoms with Gasteiger partial charge in [-0.15, -0.1) is 0 Å². The molecule has 0 fully saturated rings. The van der Waals surface area contributed by atoms with Gasteiger partial charge in [-0.05, 0) is 42.2 Å². The fourth-order valence-electron chi connectivity index (χ4n) is 1.41. The lowest BCUT2D eigenvalue weighted by molar-refractivity contribution is 0.317. The molecule has 1 aromatic rings. The van der Waals surface area contributed by atoms with Gasteiger partial charge in [-0.3, -0.25) is 0 Å². The average Bonchev–Trinajstić information content (AvgIpc) is 2.28. The molecule has 0 aromatic heterocycles. The maximum absolute atomic E-state index is 5.53. The second-order valence-corrected chi connectivity index (χ2v) is 4.35. The van der Waals surface area contributed by atoms with Crippen LogP contribution < -0.4 is 4.74 Å². The maximum Gasteiger partial charge on any atom is 0.119 e. The molecule has 0 aliphatic rings. The van der Waals surface area contributed by atoms with E-state index in [1.807, 2.05) is 0 Å². The largest absolute Gasteiger partial charge is 0.494 e. The van der Waals surface area contributed by atoms with Crippen molar-refractivity contribution in [2.45, 2.75) is 26.7 Å². The number of rotatable bonds is 6. The SMILES string of the molecule is CCCOc1ccc(CC(C)CS)cc1. The zero-order chi connectivity index (χ0) is 11.1. The van der Waals surface area contributed by atoms with Crippen molar-refractivity contribution in [1.82, 2.24) is 0 Å². The first kappa shape index (κ1) is 12.4. The summed E-state index contributed by atoms with van der Waals surface area (Å²) in [6.45, 7) is 5.13. The smallest absolute Gasteiger partial charge is 0.119 e. The molecule has 1 nitrogen and oxygen atoms in total. The molecule has 0 amide bonds. The van der Waals surface area contributed by atoms with Crippen LogP contribution in [0.1, 0.15) is 25.8 Å². The lowest BCUT2D eigenvalue weighted by Gasteiger charge is -2.09. The van der Waals surface area contributed by atoms with E-state index < -0.39 is 0 Å². The molecular weight excluding hydrogens is 204 g/mol. The first-order chi connectivity index (χ1) is 7.26. The van der Waals surface area contributed by atoms with E-state index in [2.05, 4.69) is 50.7 Å². The summed E-state index contributed by atoms with van der Waals surface area (Å²) in [6, 6.07) is 8.39. The molecule has 0 aliphatic carbocycles. The van der Waals surface area contributed by atoms with Crippen molar-refractivity contribution in [3.63, 3.8) is 0 Å². The number of thiol groups is 1. The summed E-state index contributed by atoms with van der Waals surface area (Å²) in [6.07, 6.45) is 2.15. The van der Waals surface area contributed by atoms with Crippen molar-refractivity contribution < 1.29 is 4.74 Å². The van der Waals surface area contributed by atoms with Gasteiger partial charge < -0.3 is 4.74 Å². The molecule has 0 saturated heterocycles. The van der Waals surface area contributed by atoms with E-state index in [-0.39, 0.29) is 0 Å². The molecule has 2 heteroatoms. The molecule has 0 heterocycles. The molecule has 15 heavy (non-hydrogen) atoms. The predicted octanol–water partition coefficient (Wildman–Crippen LogP) is 3.58. The summed E-state index contributed by atoms with van der Waals surface area (Å²) in [5.74, 6) is 2.54. The highest BCUT2D eigenvalue weighted by Crippen LogP contribution is 2.15. The van der Waals surface area contributed by atoms with Crippen LogP contribution in [0.3, 0.4) is 0 Å². The normalized spacial score (nSPS) is 12.5. The molecule has 0 saturated carbocycles. The Morgan fingerprint density at radius 2 is 1.93 bits per heavy atom. The Labute approximate surface area is 98.3 Å². The van der Waals surface area contributed by atoms with Crippen LogP contribution in [0.25, 0.3) is 0 Å². The van der Waals surface area contributed by atoms with Crippen molar-refractivity contribution in [2.75, 3.05) is 12.4 Å². The van der Waals surface area contributed by atoms with Gasteiger partial charge in [0.25, 0.3) is 0 Å². The molecule has 1 rings (SSSR count).